The second-order valence-corrected chi connectivity index (χ2v) is 4.74. The first-order valence-corrected chi connectivity index (χ1v) is 6.03. The monoisotopic (exact) mass is 186 g/mol. The van der Waals surface area contributed by atoms with Crippen LogP contribution in [0.3, 0.4) is 0 Å². The molecule has 70 valence electrons. The highest BCUT2D eigenvalue weighted by atomic mass is 32.2. The Hall–Kier alpha value is 0.0200. The van der Waals surface area contributed by atoms with Crippen molar-refractivity contribution >= 4 is 17.5 Å². The summed E-state index contributed by atoms with van der Waals surface area (Å²) in [5, 5.41) is 0.352. The van der Waals surface area contributed by atoms with Gasteiger partial charge in [0.05, 0.1) is 5.25 Å². The van der Waals surface area contributed by atoms with Crippen molar-refractivity contribution in [1.29, 1.82) is 0 Å². The van der Waals surface area contributed by atoms with Gasteiger partial charge in [-0.15, -0.1) is 0 Å². The first kappa shape index (κ1) is 10.1. The van der Waals surface area contributed by atoms with Gasteiger partial charge in [0.15, 0.2) is 0 Å². The molecular formula is C10H18OS. The maximum atomic E-state index is 11.5. The van der Waals surface area contributed by atoms with Gasteiger partial charge in [-0.3, -0.25) is 4.79 Å². The van der Waals surface area contributed by atoms with E-state index in [9.17, 15) is 4.79 Å². The highest BCUT2D eigenvalue weighted by molar-refractivity contribution is 8.00. The van der Waals surface area contributed by atoms with Crippen LogP contribution in [-0.4, -0.2) is 16.8 Å². The van der Waals surface area contributed by atoms with E-state index in [0.29, 0.717) is 11.0 Å². The van der Waals surface area contributed by atoms with Gasteiger partial charge in [0.25, 0.3) is 0 Å². The molecule has 0 spiro atoms. The van der Waals surface area contributed by atoms with Gasteiger partial charge in [-0.25, -0.2) is 0 Å². The Morgan fingerprint density at radius 2 is 2.33 bits per heavy atom. The molecule has 0 saturated carbocycles. The average Bonchev–Trinajstić information content (AvgIpc) is 2.15. The second-order valence-electron chi connectivity index (χ2n) is 3.43. The number of unbranched alkanes of at least 4 members (excludes halogenated alkanes) is 1. The van der Waals surface area contributed by atoms with Crippen molar-refractivity contribution in [3.05, 3.63) is 0 Å². The van der Waals surface area contributed by atoms with Gasteiger partial charge in [-0.05, 0) is 25.0 Å². The standard InChI is InChI=1S/C10H18OS/c1-2-3-6-9(11)10-7-4-5-8-12-10/h10H,2-8H2,1H3. The van der Waals surface area contributed by atoms with Gasteiger partial charge in [0, 0.05) is 6.42 Å². The van der Waals surface area contributed by atoms with Gasteiger partial charge < -0.3 is 0 Å². The fourth-order valence-corrected chi connectivity index (χ4v) is 2.80. The van der Waals surface area contributed by atoms with Crippen molar-refractivity contribution in [1.82, 2.24) is 0 Å². The van der Waals surface area contributed by atoms with Gasteiger partial charge in [-0.1, -0.05) is 19.8 Å². The van der Waals surface area contributed by atoms with E-state index < -0.39 is 0 Å². The molecule has 1 unspecified atom stereocenters. The number of hydrogen-bond donors (Lipinski definition) is 0. The largest absolute Gasteiger partial charge is 0.298 e. The lowest BCUT2D eigenvalue weighted by molar-refractivity contribution is -0.118. The molecule has 0 aromatic rings. The molecule has 1 nitrogen and oxygen atoms in total. The van der Waals surface area contributed by atoms with E-state index in [4.69, 9.17) is 0 Å². The molecule has 1 rings (SSSR count). The van der Waals surface area contributed by atoms with Crippen LogP contribution in [0.1, 0.15) is 45.4 Å². The van der Waals surface area contributed by atoms with Gasteiger partial charge >= 0.3 is 0 Å². The predicted octanol–water partition coefficient (Wildman–Crippen LogP) is 3.03. The molecular weight excluding hydrogens is 168 g/mol. The summed E-state index contributed by atoms with van der Waals surface area (Å²) in [6.07, 6.45) is 6.73. The lowest BCUT2D eigenvalue weighted by atomic mass is 10.1. The van der Waals surface area contributed by atoms with Crippen molar-refractivity contribution in [2.75, 3.05) is 5.75 Å². The van der Waals surface area contributed by atoms with Crippen LogP contribution >= 0.6 is 11.8 Å². The number of carbonyl (C=O) groups excluding carboxylic acids is 1. The zero-order chi connectivity index (χ0) is 8.81. The maximum absolute atomic E-state index is 11.5. The van der Waals surface area contributed by atoms with Gasteiger partial charge in [0.2, 0.25) is 0 Å². The summed E-state index contributed by atoms with van der Waals surface area (Å²) in [5.74, 6) is 1.70. The van der Waals surface area contributed by atoms with E-state index in [-0.39, 0.29) is 0 Å². The second kappa shape index (κ2) is 5.63. The third-order valence-corrected chi connectivity index (χ3v) is 3.74. The first-order valence-electron chi connectivity index (χ1n) is 4.99. The minimum Gasteiger partial charge on any atom is -0.298 e. The lowest BCUT2D eigenvalue weighted by Crippen LogP contribution is -2.20. The Kier molecular flexibility index (Phi) is 4.74. The van der Waals surface area contributed by atoms with E-state index in [1.54, 1.807) is 0 Å². The first-order chi connectivity index (χ1) is 5.84. The van der Waals surface area contributed by atoms with Crippen LogP contribution in [-0.2, 0) is 4.79 Å². The van der Waals surface area contributed by atoms with E-state index in [1.165, 1.54) is 18.6 Å². The van der Waals surface area contributed by atoms with E-state index in [0.717, 1.165) is 25.7 Å². The zero-order valence-electron chi connectivity index (χ0n) is 7.84. The lowest BCUT2D eigenvalue weighted by Gasteiger charge is -2.19. The minimum atomic E-state index is 0.352. The number of ketones is 1. The summed E-state index contributed by atoms with van der Waals surface area (Å²) < 4.78 is 0. The number of carbonyl (C=O) groups is 1. The number of hydrogen-bond acceptors (Lipinski definition) is 2. The van der Waals surface area contributed by atoms with Crippen LogP contribution in [0.5, 0.6) is 0 Å². The van der Waals surface area contributed by atoms with Crippen molar-refractivity contribution < 1.29 is 4.79 Å². The molecule has 1 aliphatic rings. The number of Topliss-reactive ketones (excluding diaryl/α,β-unsaturated/α-hetero) is 1. The Labute approximate surface area is 79.3 Å². The van der Waals surface area contributed by atoms with E-state index >= 15 is 0 Å². The van der Waals surface area contributed by atoms with Crippen LogP contribution in [0.15, 0.2) is 0 Å². The topological polar surface area (TPSA) is 17.1 Å². The van der Waals surface area contributed by atoms with Crippen molar-refractivity contribution in [3.8, 4) is 0 Å². The Bertz CT molecular complexity index is 139. The summed E-state index contributed by atoms with van der Waals surface area (Å²) in [6, 6.07) is 0. The van der Waals surface area contributed by atoms with Crippen LogP contribution in [0.4, 0.5) is 0 Å². The van der Waals surface area contributed by atoms with Crippen LogP contribution < -0.4 is 0 Å². The highest BCUT2D eigenvalue weighted by Crippen LogP contribution is 2.26. The predicted molar refractivity (Wildman–Crippen MR) is 54.6 cm³/mol. The fraction of sp³-hybridized carbons (Fsp3) is 0.900. The summed E-state index contributed by atoms with van der Waals surface area (Å²) in [4.78, 5) is 11.5. The summed E-state index contributed by atoms with van der Waals surface area (Å²) >= 11 is 1.87. The Morgan fingerprint density at radius 3 is 2.92 bits per heavy atom. The van der Waals surface area contributed by atoms with Crippen LogP contribution in [0.25, 0.3) is 0 Å². The summed E-state index contributed by atoms with van der Waals surface area (Å²) in [5.41, 5.74) is 0. The van der Waals surface area contributed by atoms with Crippen LogP contribution in [0.2, 0.25) is 0 Å². The van der Waals surface area contributed by atoms with E-state index in [2.05, 4.69) is 6.92 Å². The molecule has 2 heteroatoms. The third kappa shape index (κ3) is 3.18. The zero-order valence-corrected chi connectivity index (χ0v) is 8.66. The molecule has 1 aliphatic heterocycles. The molecule has 1 saturated heterocycles. The van der Waals surface area contributed by atoms with Gasteiger partial charge in [-0.2, -0.15) is 11.8 Å². The summed E-state index contributed by atoms with van der Waals surface area (Å²) in [6.45, 7) is 2.14. The van der Waals surface area contributed by atoms with E-state index in [1.807, 2.05) is 11.8 Å². The van der Waals surface area contributed by atoms with Crippen molar-refractivity contribution in [2.45, 2.75) is 50.7 Å². The van der Waals surface area contributed by atoms with Crippen molar-refractivity contribution in [3.63, 3.8) is 0 Å². The molecule has 0 bridgehead atoms. The molecule has 1 heterocycles. The molecule has 1 atom stereocenters. The quantitative estimate of drug-likeness (QED) is 0.671. The van der Waals surface area contributed by atoms with Gasteiger partial charge in [0.1, 0.15) is 5.78 Å². The Morgan fingerprint density at radius 1 is 1.50 bits per heavy atom. The average molecular weight is 186 g/mol. The van der Waals surface area contributed by atoms with Crippen molar-refractivity contribution in [2.24, 2.45) is 0 Å². The molecule has 0 aliphatic carbocycles. The minimum absolute atomic E-state index is 0.352. The number of thioether (sulfide) groups is 1. The molecule has 0 radical (unpaired) electrons. The molecule has 0 N–H and O–H groups in total. The Balaban J connectivity index is 2.20. The SMILES string of the molecule is CCCCC(=O)C1CCCCS1. The molecule has 12 heavy (non-hydrogen) atoms. The number of rotatable bonds is 4. The summed E-state index contributed by atoms with van der Waals surface area (Å²) in [7, 11) is 0. The highest BCUT2D eigenvalue weighted by Gasteiger charge is 2.20. The molecule has 0 aromatic carbocycles. The maximum Gasteiger partial charge on any atom is 0.145 e. The molecule has 1 fully saturated rings. The smallest absolute Gasteiger partial charge is 0.145 e. The molecule has 0 amide bonds. The third-order valence-electron chi connectivity index (χ3n) is 2.32. The molecule has 0 aromatic heterocycles. The van der Waals surface area contributed by atoms with Crippen LogP contribution in [0, 0.1) is 0 Å². The fourth-order valence-electron chi connectivity index (χ4n) is 1.51. The normalized spacial score (nSPS) is 23.9.